The number of hydrogen-bond donors (Lipinski definition) is 2. The van der Waals surface area contributed by atoms with Gasteiger partial charge in [0.1, 0.15) is 17.1 Å². The Morgan fingerprint density at radius 2 is 2.32 bits per heavy atom. The van der Waals surface area contributed by atoms with E-state index in [-0.39, 0.29) is 0 Å². The zero-order valence-corrected chi connectivity index (χ0v) is 10.7. The van der Waals surface area contributed by atoms with E-state index in [0.29, 0.717) is 29.4 Å². The van der Waals surface area contributed by atoms with Crippen LogP contribution in [0.2, 0.25) is 0 Å². The van der Waals surface area contributed by atoms with Crippen LogP contribution in [-0.2, 0) is 4.74 Å². The molecule has 0 amide bonds. The molecule has 0 bridgehead atoms. The van der Waals surface area contributed by atoms with Crippen LogP contribution in [0.15, 0.2) is 42.3 Å². The molecule has 1 aromatic rings. The first-order chi connectivity index (χ1) is 9.20. The Morgan fingerprint density at radius 1 is 1.47 bits per heavy atom. The topological polar surface area (TPSA) is 73.6 Å². The fraction of sp³-hybridized carbons (Fsp3) is 0.214. The molecule has 1 aliphatic heterocycles. The molecule has 0 fully saturated rings. The molecule has 2 rings (SSSR count). The number of hydrogen-bond acceptors (Lipinski definition) is 5. The molecule has 5 nitrogen and oxygen atoms in total. The predicted molar refractivity (Wildman–Crippen MR) is 72.7 cm³/mol. The average molecular weight is 260 g/mol. The summed E-state index contributed by atoms with van der Waals surface area (Å²) in [6.45, 7) is 2.82. The number of esters is 1. The molecule has 5 heteroatoms. The maximum absolute atomic E-state index is 11.8. The van der Waals surface area contributed by atoms with E-state index in [9.17, 15) is 4.79 Å². The monoisotopic (exact) mass is 260 g/mol. The zero-order chi connectivity index (χ0) is 13.7. The van der Waals surface area contributed by atoms with Gasteiger partial charge in [-0.1, -0.05) is 6.08 Å². The molecule has 0 aromatic heterocycles. The summed E-state index contributed by atoms with van der Waals surface area (Å²) in [5.41, 5.74) is 6.50. The minimum absolute atomic E-state index is 0.303. The van der Waals surface area contributed by atoms with Crippen molar-refractivity contribution in [1.29, 1.82) is 0 Å². The number of rotatable bonds is 4. The number of ether oxygens (including phenoxy) is 2. The van der Waals surface area contributed by atoms with Crippen molar-refractivity contribution in [3.63, 3.8) is 0 Å². The molecule has 0 radical (unpaired) electrons. The van der Waals surface area contributed by atoms with Gasteiger partial charge in [-0.05, 0) is 31.2 Å². The molecule has 0 saturated heterocycles. The lowest BCUT2D eigenvalue weighted by atomic mass is 10.2. The van der Waals surface area contributed by atoms with Crippen molar-refractivity contribution < 1.29 is 14.3 Å². The van der Waals surface area contributed by atoms with Crippen molar-refractivity contribution in [1.82, 2.24) is 5.32 Å². The Morgan fingerprint density at radius 3 is 3.00 bits per heavy atom. The number of carbonyl (C=O) groups excluding carboxylic acids is 1. The quantitative estimate of drug-likeness (QED) is 0.638. The van der Waals surface area contributed by atoms with Crippen LogP contribution in [0.25, 0.3) is 0 Å². The maximum atomic E-state index is 11.8. The third-order valence-electron chi connectivity index (χ3n) is 2.49. The first-order valence-electron chi connectivity index (χ1n) is 6.05. The summed E-state index contributed by atoms with van der Waals surface area (Å²) >= 11 is 0. The van der Waals surface area contributed by atoms with Gasteiger partial charge in [-0.3, -0.25) is 0 Å². The Kier molecular flexibility index (Phi) is 4.07. The van der Waals surface area contributed by atoms with Crippen molar-refractivity contribution in [2.45, 2.75) is 6.92 Å². The second kappa shape index (κ2) is 5.95. The van der Waals surface area contributed by atoms with Crippen molar-refractivity contribution in [2.24, 2.45) is 0 Å². The first kappa shape index (κ1) is 13.0. The highest BCUT2D eigenvalue weighted by molar-refractivity contribution is 5.93. The molecule has 100 valence electrons. The van der Waals surface area contributed by atoms with Crippen LogP contribution in [0.3, 0.4) is 0 Å². The lowest BCUT2D eigenvalue weighted by molar-refractivity contribution is 0.0523. The van der Waals surface area contributed by atoms with E-state index >= 15 is 0 Å². The second-order valence-electron chi connectivity index (χ2n) is 3.94. The molecule has 1 aromatic carbocycles. The summed E-state index contributed by atoms with van der Waals surface area (Å²) < 4.78 is 10.6. The van der Waals surface area contributed by atoms with E-state index < -0.39 is 5.97 Å². The normalized spacial score (nSPS) is 13.4. The van der Waals surface area contributed by atoms with Crippen LogP contribution >= 0.6 is 0 Å². The predicted octanol–water partition coefficient (Wildman–Crippen LogP) is 1.83. The van der Waals surface area contributed by atoms with Gasteiger partial charge in [0.05, 0.1) is 6.61 Å². The number of nitrogens with two attached hydrogens (primary N) is 1. The summed E-state index contributed by atoms with van der Waals surface area (Å²) in [5.74, 6) is 0.604. The Hall–Kier alpha value is -2.43. The third kappa shape index (κ3) is 3.28. The maximum Gasteiger partial charge on any atom is 0.342 e. The molecule has 1 aliphatic rings. The fourth-order valence-electron chi connectivity index (χ4n) is 1.65. The molecule has 3 N–H and O–H groups in total. The van der Waals surface area contributed by atoms with Crippen molar-refractivity contribution in [3.8, 4) is 5.75 Å². The van der Waals surface area contributed by atoms with Gasteiger partial charge >= 0.3 is 5.97 Å². The molecule has 0 atom stereocenters. The highest BCUT2D eigenvalue weighted by Crippen LogP contribution is 2.24. The summed E-state index contributed by atoms with van der Waals surface area (Å²) in [4.78, 5) is 11.8. The van der Waals surface area contributed by atoms with E-state index in [1.807, 2.05) is 12.2 Å². The highest BCUT2D eigenvalue weighted by Gasteiger charge is 2.15. The summed E-state index contributed by atoms with van der Waals surface area (Å²) in [7, 11) is 0. The van der Waals surface area contributed by atoms with Crippen molar-refractivity contribution >= 4 is 11.7 Å². The second-order valence-corrected chi connectivity index (χ2v) is 3.94. The van der Waals surface area contributed by atoms with Gasteiger partial charge in [0.2, 0.25) is 0 Å². The molecule has 1 heterocycles. The van der Waals surface area contributed by atoms with E-state index in [4.69, 9.17) is 15.2 Å². The lowest BCUT2D eigenvalue weighted by Crippen LogP contribution is -2.13. The SMILES string of the molecule is CCOC(=O)c1cc(N)ccc1OC1=CNCC=C1. The van der Waals surface area contributed by atoms with Crippen molar-refractivity contribution in [2.75, 3.05) is 18.9 Å². The van der Waals surface area contributed by atoms with Crippen LogP contribution in [-0.4, -0.2) is 19.1 Å². The van der Waals surface area contributed by atoms with Gasteiger partial charge in [0.15, 0.2) is 0 Å². The number of anilines is 1. The minimum atomic E-state index is -0.446. The number of nitrogens with one attached hydrogen (secondary N) is 1. The molecule has 0 aliphatic carbocycles. The van der Waals surface area contributed by atoms with E-state index in [0.717, 1.165) is 6.54 Å². The van der Waals surface area contributed by atoms with Gasteiger partial charge in [0, 0.05) is 18.4 Å². The Bertz CT molecular complexity index is 535. The Balaban J connectivity index is 2.26. The van der Waals surface area contributed by atoms with E-state index in [1.54, 1.807) is 31.3 Å². The zero-order valence-electron chi connectivity index (χ0n) is 10.7. The summed E-state index contributed by atoms with van der Waals surface area (Å²) in [6.07, 6.45) is 5.50. The van der Waals surface area contributed by atoms with Crippen LogP contribution in [0.1, 0.15) is 17.3 Å². The molecule has 19 heavy (non-hydrogen) atoms. The van der Waals surface area contributed by atoms with Gasteiger partial charge in [-0.15, -0.1) is 0 Å². The number of allylic oxidation sites excluding steroid dienone is 1. The summed E-state index contributed by atoms with van der Waals surface area (Å²) in [6, 6.07) is 4.89. The fourth-order valence-corrected chi connectivity index (χ4v) is 1.65. The van der Waals surface area contributed by atoms with Gasteiger partial charge in [-0.2, -0.15) is 0 Å². The molecular formula is C14H16N2O3. The largest absolute Gasteiger partial charge is 0.462 e. The lowest BCUT2D eigenvalue weighted by Gasteiger charge is -2.13. The third-order valence-corrected chi connectivity index (χ3v) is 2.49. The standard InChI is InChI=1S/C14H16N2O3/c1-2-18-14(17)12-8-10(15)5-6-13(12)19-11-4-3-7-16-9-11/h3-6,8-9,16H,2,7,15H2,1H3. The average Bonchev–Trinajstić information content (AvgIpc) is 2.42. The molecule has 0 unspecified atom stereocenters. The Labute approximate surface area is 111 Å². The first-order valence-corrected chi connectivity index (χ1v) is 6.05. The number of benzene rings is 1. The van der Waals surface area contributed by atoms with Gasteiger partial charge < -0.3 is 20.5 Å². The number of carbonyl (C=O) groups is 1. The van der Waals surface area contributed by atoms with Gasteiger partial charge in [0.25, 0.3) is 0 Å². The smallest absolute Gasteiger partial charge is 0.342 e. The minimum Gasteiger partial charge on any atom is -0.462 e. The van der Waals surface area contributed by atoms with Gasteiger partial charge in [-0.25, -0.2) is 4.79 Å². The molecular weight excluding hydrogens is 244 g/mol. The van der Waals surface area contributed by atoms with Crippen molar-refractivity contribution in [3.05, 3.63) is 47.9 Å². The van der Waals surface area contributed by atoms with Crippen LogP contribution in [0.5, 0.6) is 5.75 Å². The van der Waals surface area contributed by atoms with Crippen LogP contribution in [0, 0.1) is 0 Å². The highest BCUT2D eigenvalue weighted by atomic mass is 16.5. The van der Waals surface area contributed by atoms with Crippen LogP contribution in [0.4, 0.5) is 5.69 Å². The molecule has 0 saturated carbocycles. The van der Waals surface area contributed by atoms with E-state index in [2.05, 4.69) is 5.32 Å². The number of dihydropyridines is 1. The number of nitrogen functional groups attached to an aromatic ring is 1. The molecule has 0 spiro atoms. The van der Waals surface area contributed by atoms with Crippen LogP contribution < -0.4 is 15.8 Å². The summed E-state index contributed by atoms with van der Waals surface area (Å²) in [5, 5.41) is 3.03. The van der Waals surface area contributed by atoms with E-state index in [1.165, 1.54) is 0 Å².